The smallest absolute Gasteiger partial charge is 0.258 e. The first-order valence-electron chi connectivity index (χ1n) is 10.3. The highest BCUT2D eigenvalue weighted by Gasteiger charge is 2.35. The summed E-state index contributed by atoms with van der Waals surface area (Å²) in [5.41, 5.74) is 5.48. The van der Waals surface area contributed by atoms with Crippen molar-refractivity contribution in [2.45, 2.75) is 25.2 Å². The molecule has 1 aromatic heterocycles. The topological polar surface area (TPSA) is 160 Å². The molecule has 11 heteroatoms. The third-order valence-corrected chi connectivity index (χ3v) is 5.79. The molecule has 0 radical (unpaired) electrons. The van der Waals surface area contributed by atoms with Gasteiger partial charge in [0, 0.05) is 37.2 Å². The molecule has 3 heterocycles. The van der Waals surface area contributed by atoms with Gasteiger partial charge >= 0.3 is 0 Å². The second-order valence-electron chi connectivity index (χ2n) is 7.84. The molecule has 2 aliphatic heterocycles. The molecule has 5 N–H and O–H groups in total. The molecule has 2 aromatic rings. The highest BCUT2D eigenvalue weighted by molar-refractivity contribution is 6.04. The number of aromatic nitrogens is 2. The van der Waals surface area contributed by atoms with Crippen molar-refractivity contribution in [1.82, 2.24) is 9.97 Å². The van der Waals surface area contributed by atoms with Gasteiger partial charge in [0.1, 0.15) is 11.6 Å². The molecule has 0 unspecified atom stereocenters. The first-order valence-corrected chi connectivity index (χ1v) is 10.3. The van der Waals surface area contributed by atoms with Gasteiger partial charge in [-0.05, 0) is 25.0 Å². The van der Waals surface area contributed by atoms with Gasteiger partial charge in [0.2, 0.25) is 23.7 Å². The first kappa shape index (κ1) is 21.3. The van der Waals surface area contributed by atoms with Crippen molar-refractivity contribution in [2.24, 2.45) is 11.7 Å². The maximum Gasteiger partial charge on any atom is 0.258 e. The van der Waals surface area contributed by atoms with Gasteiger partial charge in [-0.3, -0.25) is 24.2 Å². The Labute approximate surface area is 183 Å². The number of nitrogens with two attached hydrogens (primary N) is 1. The Morgan fingerprint density at radius 1 is 1.25 bits per heavy atom. The van der Waals surface area contributed by atoms with Crippen LogP contribution in [-0.2, 0) is 14.4 Å². The third-order valence-electron chi connectivity index (χ3n) is 5.79. The number of carbonyl (C=O) groups excluding carboxylic acids is 3. The van der Waals surface area contributed by atoms with E-state index in [0.29, 0.717) is 37.4 Å². The number of methoxy groups -OCH3 is 1. The molecule has 0 bridgehead atoms. The number of H-pyrrole nitrogens is 1. The Kier molecular flexibility index (Phi) is 5.80. The van der Waals surface area contributed by atoms with Gasteiger partial charge in [0.05, 0.1) is 18.6 Å². The Bertz CT molecular complexity index is 1120. The Morgan fingerprint density at radius 2 is 2.00 bits per heavy atom. The second-order valence-corrected chi connectivity index (χ2v) is 7.84. The molecule has 1 saturated heterocycles. The highest BCUT2D eigenvalue weighted by atomic mass is 16.5. The lowest BCUT2D eigenvalue weighted by atomic mass is 9.92. The summed E-state index contributed by atoms with van der Waals surface area (Å²) in [6.45, 7) is 0.978. The highest BCUT2D eigenvalue weighted by Crippen LogP contribution is 2.31. The number of aromatic amines is 1. The fraction of sp³-hybridized carbons (Fsp3) is 0.381. The number of hydrogen-bond acceptors (Lipinski definition) is 7. The molecular formula is C21H24N6O5. The number of anilines is 3. The van der Waals surface area contributed by atoms with Crippen molar-refractivity contribution < 1.29 is 19.1 Å². The normalized spacial score (nSPS) is 18.5. The average molecular weight is 440 g/mol. The Hall–Kier alpha value is -3.89. The number of benzene rings is 1. The van der Waals surface area contributed by atoms with Crippen LogP contribution in [0.1, 0.15) is 30.7 Å². The van der Waals surface area contributed by atoms with Crippen LogP contribution in [0.25, 0.3) is 0 Å². The van der Waals surface area contributed by atoms with Crippen molar-refractivity contribution in [2.75, 3.05) is 35.7 Å². The van der Waals surface area contributed by atoms with Gasteiger partial charge < -0.3 is 26.0 Å². The number of nitrogens with one attached hydrogen (secondary N) is 3. The molecule has 0 saturated carbocycles. The minimum atomic E-state index is -0.990. The van der Waals surface area contributed by atoms with E-state index in [1.54, 1.807) is 24.3 Å². The fourth-order valence-corrected chi connectivity index (χ4v) is 4.04. The van der Waals surface area contributed by atoms with Gasteiger partial charge in [-0.25, -0.2) is 0 Å². The number of piperidine rings is 1. The summed E-state index contributed by atoms with van der Waals surface area (Å²) in [7, 11) is 1.52. The maximum atomic E-state index is 12.9. The number of rotatable bonds is 5. The number of carbonyl (C=O) groups is 3. The monoisotopic (exact) mass is 440 g/mol. The van der Waals surface area contributed by atoms with Crippen molar-refractivity contribution in [1.29, 1.82) is 0 Å². The summed E-state index contributed by atoms with van der Waals surface area (Å²) in [6, 6.07) is 6.79. The zero-order valence-electron chi connectivity index (χ0n) is 17.5. The zero-order chi connectivity index (χ0) is 22.8. The van der Waals surface area contributed by atoms with E-state index in [9.17, 15) is 19.2 Å². The summed E-state index contributed by atoms with van der Waals surface area (Å²) in [5.74, 6) is -1.51. The molecule has 3 amide bonds. The first-order chi connectivity index (χ1) is 15.4. The second kappa shape index (κ2) is 8.69. The number of nitrogens with zero attached hydrogens (tertiary/aromatic N) is 2. The Morgan fingerprint density at radius 3 is 2.69 bits per heavy atom. The van der Waals surface area contributed by atoms with E-state index in [-0.39, 0.29) is 35.6 Å². The fourth-order valence-electron chi connectivity index (χ4n) is 4.04. The van der Waals surface area contributed by atoms with Gasteiger partial charge in [0.15, 0.2) is 0 Å². The van der Waals surface area contributed by atoms with Crippen molar-refractivity contribution in [3.05, 3.63) is 40.2 Å². The molecule has 1 fully saturated rings. The summed E-state index contributed by atoms with van der Waals surface area (Å²) in [4.78, 5) is 58.5. The number of hydrogen-bond donors (Lipinski definition) is 4. The van der Waals surface area contributed by atoms with Crippen LogP contribution >= 0.6 is 0 Å². The minimum absolute atomic E-state index is 0.0721. The van der Waals surface area contributed by atoms with Crippen molar-refractivity contribution >= 4 is 35.2 Å². The van der Waals surface area contributed by atoms with Crippen LogP contribution < -0.4 is 31.6 Å². The molecule has 168 valence electrons. The van der Waals surface area contributed by atoms with E-state index < -0.39 is 23.3 Å². The van der Waals surface area contributed by atoms with E-state index in [1.807, 2.05) is 4.90 Å². The zero-order valence-corrected chi connectivity index (χ0v) is 17.5. The lowest BCUT2D eigenvalue weighted by Crippen LogP contribution is -2.41. The van der Waals surface area contributed by atoms with Crippen LogP contribution in [0.3, 0.4) is 0 Å². The summed E-state index contributed by atoms with van der Waals surface area (Å²) in [5, 5.41) is 5.34. The largest absolute Gasteiger partial charge is 0.497 e. The predicted molar refractivity (Wildman–Crippen MR) is 117 cm³/mol. The number of fused-ring (bicyclic) bond motifs is 1. The predicted octanol–water partition coefficient (Wildman–Crippen LogP) is 0.545. The number of primary amides is 1. The summed E-state index contributed by atoms with van der Waals surface area (Å²) >= 11 is 0. The summed E-state index contributed by atoms with van der Waals surface area (Å²) < 4.78 is 5.15. The van der Waals surface area contributed by atoms with Crippen molar-refractivity contribution in [3.63, 3.8) is 0 Å². The van der Waals surface area contributed by atoms with Gasteiger partial charge in [-0.1, -0.05) is 6.07 Å². The van der Waals surface area contributed by atoms with Gasteiger partial charge in [-0.15, -0.1) is 0 Å². The van der Waals surface area contributed by atoms with Gasteiger partial charge in [0.25, 0.3) is 5.56 Å². The van der Waals surface area contributed by atoms with E-state index >= 15 is 0 Å². The summed E-state index contributed by atoms with van der Waals surface area (Å²) in [6.07, 6.45) is 0.930. The number of amides is 3. The quantitative estimate of drug-likeness (QED) is 0.528. The molecule has 32 heavy (non-hydrogen) atoms. The number of ether oxygens (including phenoxy) is 1. The molecule has 4 rings (SSSR count). The van der Waals surface area contributed by atoms with Crippen molar-refractivity contribution in [3.8, 4) is 5.75 Å². The third kappa shape index (κ3) is 4.27. The lowest BCUT2D eigenvalue weighted by Gasteiger charge is -2.32. The van der Waals surface area contributed by atoms with E-state index in [1.165, 1.54) is 7.11 Å². The SMILES string of the molecule is COc1cccc(NC(=O)[C@@H]2CC(=O)Nc3nc(N4CCC(C(N)=O)CC4)[nH]c(=O)c32)c1. The molecule has 2 aliphatic rings. The molecule has 0 spiro atoms. The van der Waals surface area contributed by atoms with Crippen LogP contribution in [0.5, 0.6) is 5.75 Å². The standard InChI is InChI=1S/C21H24N6O5/c1-32-13-4-2-3-12(9-13)23-19(30)14-10-15(28)24-18-16(14)20(31)26-21(25-18)27-7-5-11(6-8-27)17(22)29/h2-4,9,11,14H,5-8,10H2,1H3,(H2,22,29)(H,23,30)(H2,24,25,26,28,31)/t14-/m1/s1. The minimum Gasteiger partial charge on any atom is -0.497 e. The maximum absolute atomic E-state index is 12.9. The van der Waals surface area contributed by atoms with Crippen LogP contribution in [0.2, 0.25) is 0 Å². The van der Waals surface area contributed by atoms with Crippen LogP contribution in [0.4, 0.5) is 17.5 Å². The molecule has 1 atom stereocenters. The van der Waals surface area contributed by atoms with Gasteiger partial charge in [-0.2, -0.15) is 4.98 Å². The van der Waals surface area contributed by atoms with E-state index in [4.69, 9.17) is 10.5 Å². The van der Waals surface area contributed by atoms with E-state index in [2.05, 4.69) is 20.6 Å². The van der Waals surface area contributed by atoms with Crippen LogP contribution in [0.15, 0.2) is 29.1 Å². The van der Waals surface area contributed by atoms with E-state index in [0.717, 1.165) is 0 Å². The lowest BCUT2D eigenvalue weighted by molar-refractivity contribution is -0.123. The molecule has 1 aromatic carbocycles. The van der Waals surface area contributed by atoms with Crippen LogP contribution in [0, 0.1) is 5.92 Å². The molecule has 11 nitrogen and oxygen atoms in total. The molecule has 0 aliphatic carbocycles. The average Bonchev–Trinajstić information content (AvgIpc) is 2.78. The Balaban J connectivity index is 1.58. The van der Waals surface area contributed by atoms with Crippen LogP contribution in [-0.4, -0.2) is 47.9 Å². The molecular weight excluding hydrogens is 416 g/mol.